The summed E-state index contributed by atoms with van der Waals surface area (Å²) in [6.07, 6.45) is 6.57. The third-order valence-electron chi connectivity index (χ3n) is 4.23. The second-order valence-corrected chi connectivity index (χ2v) is 6.81. The van der Waals surface area contributed by atoms with Crippen molar-refractivity contribution in [2.45, 2.75) is 44.2 Å². The van der Waals surface area contributed by atoms with Crippen molar-refractivity contribution in [3.8, 4) is 0 Å². The van der Waals surface area contributed by atoms with Gasteiger partial charge in [-0.2, -0.15) is 5.10 Å². The first-order valence-electron chi connectivity index (χ1n) is 7.46. The van der Waals surface area contributed by atoms with E-state index >= 15 is 0 Å². The maximum absolute atomic E-state index is 13.1. The third-order valence-corrected chi connectivity index (χ3v) is 4.81. The van der Waals surface area contributed by atoms with Crippen LogP contribution < -0.4 is 0 Å². The number of Topliss-reactive ketones (excluding diaryl/α,β-unsaturated/α-hetero) is 1. The number of halogens is 1. The summed E-state index contributed by atoms with van der Waals surface area (Å²) >= 11 is 3.47. The molecule has 1 aromatic heterocycles. The van der Waals surface area contributed by atoms with Crippen molar-refractivity contribution in [2.75, 3.05) is 27.7 Å². The Bertz CT molecular complexity index is 493. The SMILES string of the molecule is COC1(C(=O)c2c(Br)cnn2CCN(C)C)CCCCC1. The average molecular weight is 358 g/mol. The molecule has 1 fully saturated rings. The van der Waals surface area contributed by atoms with E-state index in [2.05, 4.69) is 25.9 Å². The molecule has 0 saturated heterocycles. The van der Waals surface area contributed by atoms with Crippen LogP contribution >= 0.6 is 15.9 Å². The zero-order chi connectivity index (χ0) is 15.5. The Morgan fingerprint density at radius 2 is 2.10 bits per heavy atom. The monoisotopic (exact) mass is 357 g/mol. The lowest BCUT2D eigenvalue weighted by atomic mass is 9.80. The van der Waals surface area contributed by atoms with Gasteiger partial charge in [-0.25, -0.2) is 0 Å². The summed E-state index contributed by atoms with van der Waals surface area (Å²) in [6, 6.07) is 0. The summed E-state index contributed by atoms with van der Waals surface area (Å²) in [6.45, 7) is 1.54. The molecule has 5 nitrogen and oxygen atoms in total. The van der Waals surface area contributed by atoms with E-state index in [4.69, 9.17) is 4.74 Å². The molecule has 21 heavy (non-hydrogen) atoms. The maximum atomic E-state index is 13.1. The van der Waals surface area contributed by atoms with Crippen LogP contribution in [0.2, 0.25) is 0 Å². The molecule has 2 rings (SSSR count). The summed E-state index contributed by atoms with van der Waals surface area (Å²) in [5, 5.41) is 4.34. The molecule has 1 saturated carbocycles. The Labute approximate surface area is 134 Å². The number of rotatable bonds is 6. The van der Waals surface area contributed by atoms with Crippen molar-refractivity contribution in [2.24, 2.45) is 0 Å². The van der Waals surface area contributed by atoms with Crippen molar-refractivity contribution in [3.63, 3.8) is 0 Å². The zero-order valence-electron chi connectivity index (χ0n) is 13.1. The predicted molar refractivity (Wildman–Crippen MR) is 85.6 cm³/mol. The fourth-order valence-corrected chi connectivity index (χ4v) is 3.39. The van der Waals surface area contributed by atoms with Gasteiger partial charge < -0.3 is 9.64 Å². The van der Waals surface area contributed by atoms with Crippen LogP contribution in [0.5, 0.6) is 0 Å². The molecule has 0 atom stereocenters. The number of methoxy groups -OCH3 is 1. The standard InChI is InChI=1S/C15H24BrN3O2/c1-18(2)9-10-19-13(12(16)11-17-19)14(20)15(21-3)7-5-4-6-8-15/h11H,4-10H2,1-3H3. The number of aromatic nitrogens is 2. The second kappa shape index (κ2) is 7.03. The fourth-order valence-electron chi connectivity index (χ4n) is 2.92. The molecule has 0 aromatic carbocycles. The van der Waals surface area contributed by atoms with Crippen LogP contribution in [0.15, 0.2) is 10.7 Å². The first-order valence-corrected chi connectivity index (χ1v) is 8.25. The molecular weight excluding hydrogens is 334 g/mol. The first kappa shape index (κ1) is 16.6. The summed E-state index contributed by atoms with van der Waals surface area (Å²) in [5.41, 5.74) is -0.0305. The molecule has 0 radical (unpaired) electrons. The van der Waals surface area contributed by atoms with Crippen molar-refractivity contribution in [3.05, 3.63) is 16.4 Å². The minimum atomic E-state index is -0.670. The molecule has 0 unspecified atom stereocenters. The van der Waals surface area contributed by atoms with Crippen molar-refractivity contribution in [1.82, 2.24) is 14.7 Å². The van der Waals surface area contributed by atoms with E-state index in [0.29, 0.717) is 12.2 Å². The fraction of sp³-hybridized carbons (Fsp3) is 0.733. The molecule has 1 aromatic rings. The highest BCUT2D eigenvalue weighted by atomic mass is 79.9. The summed E-state index contributed by atoms with van der Waals surface area (Å²) < 4.78 is 8.23. The van der Waals surface area contributed by atoms with E-state index in [-0.39, 0.29) is 5.78 Å². The van der Waals surface area contributed by atoms with Gasteiger partial charge in [-0.15, -0.1) is 0 Å². The van der Waals surface area contributed by atoms with Gasteiger partial charge in [0.25, 0.3) is 0 Å². The molecule has 1 aliphatic carbocycles. The molecule has 0 N–H and O–H groups in total. The first-order chi connectivity index (χ1) is 10.00. The predicted octanol–water partition coefficient (Wildman–Crippen LogP) is 2.74. The van der Waals surface area contributed by atoms with E-state index in [1.54, 1.807) is 18.0 Å². The molecule has 6 heteroatoms. The van der Waals surface area contributed by atoms with Crippen LogP contribution in [-0.4, -0.2) is 53.8 Å². The lowest BCUT2D eigenvalue weighted by molar-refractivity contribution is -0.0202. The van der Waals surface area contributed by atoms with Crippen LogP contribution in [0.1, 0.15) is 42.6 Å². The highest BCUT2D eigenvalue weighted by Gasteiger charge is 2.42. The maximum Gasteiger partial charge on any atom is 0.213 e. The number of likely N-dealkylation sites (N-methyl/N-ethyl adjacent to an activating group) is 1. The molecular formula is C15H24BrN3O2. The number of carbonyl (C=O) groups is 1. The van der Waals surface area contributed by atoms with Gasteiger partial charge in [-0.3, -0.25) is 9.48 Å². The van der Waals surface area contributed by atoms with E-state index in [0.717, 1.165) is 36.7 Å². The summed E-state index contributed by atoms with van der Waals surface area (Å²) in [4.78, 5) is 15.2. The summed E-state index contributed by atoms with van der Waals surface area (Å²) in [7, 11) is 5.67. The summed E-state index contributed by atoms with van der Waals surface area (Å²) in [5.74, 6) is 0.0628. The number of nitrogens with zero attached hydrogens (tertiary/aromatic N) is 3. The van der Waals surface area contributed by atoms with E-state index in [1.807, 2.05) is 14.1 Å². The molecule has 1 heterocycles. The quantitative estimate of drug-likeness (QED) is 0.734. The van der Waals surface area contributed by atoms with Crippen LogP contribution in [0.3, 0.4) is 0 Å². The lowest BCUT2D eigenvalue weighted by Crippen LogP contribution is -2.43. The van der Waals surface area contributed by atoms with Gasteiger partial charge in [0.1, 0.15) is 11.3 Å². The van der Waals surface area contributed by atoms with Gasteiger partial charge in [0.15, 0.2) is 0 Å². The molecule has 0 bridgehead atoms. The Morgan fingerprint density at radius 1 is 1.43 bits per heavy atom. The number of ether oxygens (including phenoxy) is 1. The van der Waals surface area contributed by atoms with E-state index < -0.39 is 5.60 Å². The topological polar surface area (TPSA) is 47.4 Å². The average Bonchev–Trinajstić information content (AvgIpc) is 2.86. The van der Waals surface area contributed by atoms with Gasteiger partial charge in [0.2, 0.25) is 5.78 Å². The van der Waals surface area contributed by atoms with E-state index in [9.17, 15) is 4.79 Å². The Morgan fingerprint density at radius 3 is 2.67 bits per heavy atom. The third kappa shape index (κ3) is 3.55. The van der Waals surface area contributed by atoms with Crippen LogP contribution in [-0.2, 0) is 11.3 Å². The van der Waals surface area contributed by atoms with Gasteiger partial charge in [0, 0.05) is 13.7 Å². The van der Waals surface area contributed by atoms with Gasteiger partial charge in [0.05, 0.1) is 17.2 Å². The Kier molecular flexibility index (Phi) is 5.57. The Balaban J connectivity index is 2.27. The minimum Gasteiger partial charge on any atom is -0.370 e. The minimum absolute atomic E-state index is 0.0628. The number of hydrogen-bond donors (Lipinski definition) is 0. The highest BCUT2D eigenvalue weighted by Crippen LogP contribution is 2.35. The van der Waals surface area contributed by atoms with Crippen molar-refractivity contribution < 1.29 is 9.53 Å². The van der Waals surface area contributed by atoms with Crippen LogP contribution in [0, 0.1) is 0 Å². The largest absolute Gasteiger partial charge is 0.370 e. The number of ketones is 1. The van der Waals surface area contributed by atoms with Crippen molar-refractivity contribution >= 4 is 21.7 Å². The zero-order valence-corrected chi connectivity index (χ0v) is 14.6. The normalized spacial score (nSPS) is 18.1. The van der Waals surface area contributed by atoms with Crippen LogP contribution in [0.4, 0.5) is 0 Å². The van der Waals surface area contributed by atoms with Crippen molar-refractivity contribution in [1.29, 1.82) is 0 Å². The highest BCUT2D eigenvalue weighted by molar-refractivity contribution is 9.10. The molecule has 1 aliphatic rings. The molecule has 0 aliphatic heterocycles. The van der Waals surface area contributed by atoms with Gasteiger partial charge >= 0.3 is 0 Å². The molecule has 118 valence electrons. The van der Waals surface area contributed by atoms with Gasteiger partial charge in [-0.05, 0) is 42.9 Å². The molecule has 0 amide bonds. The smallest absolute Gasteiger partial charge is 0.213 e. The second-order valence-electron chi connectivity index (χ2n) is 5.96. The van der Waals surface area contributed by atoms with E-state index in [1.165, 1.54) is 6.42 Å². The number of hydrogen-bond acceptors (Lipinski definition) is 4. The number of carbonyl (C=O) groups excluding carboxylic acids is 1. The van der Waals surface area contributed by atoms with Gasteiger partial charge in [-0.1, -0.05) is 19.3 Å². The molecule has 0 spiro atoms. The van der Waals surface area contributed by atoms with Crippen LogP contribution in [0.25, 0.3) is 0 Å². The lowest BCUT2D eigenvalue weighted by Gasteiger charge is -2.34. The Hall–Kier alpha value is -0.720.